The van der Waals surface area contributed by atoms with Crippen molar-refractivity contribution in [1.29, 1.82) is 0 Å². The molecule has 0 bridgehead atoms. The molecule has 0 aliphatic carbocycles. The lowest BCUT2D eigenvalue weighted by Crippen LogP contribution is -2.17. The first-order valence-electron chi connectivity index (χ1n) is 4.51. The molecule has 1 aromatic carbocycles. The summed E-state index contributed by atoms with van der Waals surface area (Å²) in [5.74, 6) is -2.46. The van der Waals surface area contributed by atoms with Crippen molar-refractivity contribution in [2.75, 3.05) is 13.6 Å². The minimum Gasteiger partial charge on any atom is -0.387 e. The third-order valence-electron chi connectivity index (χ3n) is 1.89. The van der Waals surface area contributed by atoms with Crippen LogP contribution in [0.25, 0.3) is 0 Å². The van der Waals surface area contributed by atoms with Crippen LogP contribution < -0.4 is 5.32 Å². The Morgan fingerprint density at radius 2 is 2.07 bits per heavy atom. The highest BCUT2D eigenvalue weighted by Gasteiger charge is 2.14. The van der Waals surface area contributed by atoms with Crippen molar-refractivity contribution in [3.63, 3.8) is 0 Å². The number of likely N-dealkylation sites (N-methyl/N-ethyl adjacent to an activating group) is 1. The minimum atomic E-state index is -2.46. The lowest BCUT2D eigenvalue weighted by Gasteiger charge is -2.14. The van der Waals surface area contributed by atoms with Gasteiger partial charge >= 0.3 is 0 Å². The number of benzene rings is 1. The summed E-state index contributed by atoms with van der Waals surface area (Å²) < 4.78 is 24.4. The molecule has 2 N–H and O–H groups in total. The molecule has 1 unspecified atom stereocenters. The van der Waals surface area contributed by atoms with Gasteiger partial charge in [-0.15, -0.1) is 0 Å². The van der Waals surface area contributed by atoms with E-state index in [0.29, 0.717) is 28.8 Å². The summed E-state index contributed by atoms with van der Waals surface area (Å²) in [6.45, 7) is 0.348. The van der Waals surface area contributed by atoms with Gasteiger partial charge in [-0.1, -0.05) is 30.0 Å². The summed E-state index contributed by atoms with van der Waals surface area (Å²) in [6.07, 6.45) is -0.752. The van der Waals surface area contributed by atoms with E-state index >= 15 is 0 Å². The second kappa shape index (κ2) is 6.05. The molecule has 2 nitrogen and oxygen atoms in total. The number of alkyl halides is 2. The van der Waals surface area contributed by atoms with E-state index in [9.17, 15) is 13.9 Å². The van der Waals surface area contributed by atoms with Crippen LogP contribution in [0.3, 0.4) is 0 Å². The van der Waals surface area contributed by atoms with Crippen LogP contribution in [0.1, 0.15) is 11.7 Å². The van der Waals surface area contributed by atoms with E-state index in [4.69, 9.17) is 0 Å². The second-order valence-electron chi connectivity index (χ2n) is 2.99. The highest BCUT2D eigenvalue weighted by Crippen LogP contribution is 2.31. The molecular formula is C10H13F2NOS. The molecule has 84 valence electrons. The molecule has 0 fully saturated rings. The van der Waals surface area contributed by atoms with Crippen molar-refractivity contribution < 1.29 is 13.9 Å². The number of halogens is 2. The van der Waals surface area contributed by atoms with E-state index in [1.165, 1.54) is 0 Å². The van der Waals surface area contributed by atoms with Gasteiger partial charge < -0.3 is 10.4 Å². The zero-order valence-electron chi connectivity index (χ0n) is 8.28. The van der Waals surface area contributed by atoms with Gasteiger partial charge in [0, 0.05) is 11.4 Å². The number of rotatable bonds is 5. The Bertz CT molecular complexity index is 309. The fourth-order valence-corrected chi connectivity index (χ4v) is 1.95. The number of hydrogen-bond acceptors (Lipinski definition) is 3. The standard InChI is InChI=1S/C10H13F2NOS/c1-13-6-8(14)7-4-2-3-5-9(7)15-10(11)12/h2-5,8,10,13-14H,6H2,1H3. The highest BCUT2D eigenvalue weighted by atomic mass is 32.2. The molecule has 0 spiro atoms. The predicted molar refractivity (Wildman–Crippen MR) is 57.2 cm³/mol. The van der Waals surface area contributed by atoms with Crippen LogP contribution in [-0.4, -0.2) is 24.5 Å². The van der Waals surface area contributed by atoms with E-state index in [1.807, 2.05) is 0 Å². The SMILES string of the molecule is CNCC(O)c1ccccc1SC(F)F. The zero-order chi connectivity index (χ0) is 11.3. The number of aliphatic hydroxyl groups excluding tert-OH is 1. The molecule has 0 saturated carbocycles. The Morgan fingerprint density at radius 1 is 1.40 bits per heavy atom. The van der Waals surface area contributed by atoms with Crippen LogP contribution in [-0.2, 0) is 0 Å². The molecule has 15 heavy (non-hydrogen) atoms. The van der Waals surface area contributed by atoms with E-state index < -0.39 is 11.9 Å². The maximum atomic E-state index is 12.2. The molecule has 0 aliphatic heterocycles. The average Bonchev–Trinajstić information content (AvgIpc) is 2.18. The van der Waals surface area contributed by atoms with Crippen molar-refractivity contribution in [1.82, 2.24) is 5.32 Å². The summed E-state index contributed by atoms with van der Waals surface area (Å²) in [4.78, 5) is 0.426. The van der Waals surface area contributed by atoms with Crippen molar-refractivity contribution in [3.8, 4) is 0 Å². The van der Waals surface area contributed by atoms with E-state index in [1.54, 1.807) is 31.3 Å². The number of thioether (sulfide) groups is 1. The van der Waals surface area contributed by atoms with Crippen LogP contribution in [0.4, 0.5) is 8.78 Å². The summed E-state index contributed by atoms with van der Waals surface area (Å²) in [5.41, 5.74) is 0.539. The van der Waals surface area contributed by atoms with Crippen molar-refractivity contribution in [3.05, 3.63) is 29.8 Å². The van der Waals surface area contributed by atoms with Crippen LogP contribution in [0, 0.1) is 0 Å². The highest BCUT2D eigenvalue weighted by molar-refractivity contribution is 7.99. The van der Waals surface area contributed by atoms with E-state index in [2.05, 4.69) is 5.32 Å². The van der Waals surface area contributed by atoms with Gasteiger partial charge in [-0.25, -0.2) is 0 Å². The van der Waals surface area contributed by atoms with Crippen molar-refractivity contribution >= 4 is 11.8 Å². The predicted octanol–water partition coefficient (Wildman–Crippen LogP) is 2.25. The monoisotopic (exact) mass is 233 g/mol. The summed E-state index contributed by atoms with van der Waals surface area (Å²) in [7, 11) is 1.70. The Hall–Kier alpha value is -0.650. The van der Waals surface area contributed by atoms with Crippen LogP contribution in [0.15, 0.2) is 29.2 Å². The van der Waals surface area contributed by atoms with Crippen molar-refractivity contribution in [2.45, 2.75) is 16.8 Å². The summed E-state index contributed by atoms with van der Waals surface area (Å²) in [5, 5.41) is 12.5. The normalized spacial score (nSPS) is 13.1. The van der Waals surface area contributed by atoms with Gasteiger partial charge in [0.25, 0.3) is 5.76 Å². The molecule has 5 heteroatoms. The Morgan fingerprint density at radius 3 is 2.67 bits per heavy atom. The quantitative estimate of drug-likeness (QED) is 0.765. The van der Waals surface area contributed by atoms with E-state index in [-0.39, 0.29) is 0 Å². The van der Waals surface area contributed by atoms with Crippen LogP contribution in [0.5, 0.6) is 0 Å². The molecule has 1 aromatic rings. The second-order valence-corrected chi connectivity index (χ2v) is 4.02. The lowest BCUT2D eigenvalue weighted by atomic mass is 10.1. The maximum absolute atomic E-state index is 12.2. The van der Waals surface area contributed by atoms with Crippen molar-refractivity contribution in [2.24, 2.45) is 0 Å². The van der Waals surface area contributed by atoms with Gasteiger partial charge in [0.15, 0.2) is 0 Å². The van der Waals surface area contributed by atoms with Gasteiger partial charge in [0.1, 0.15) is 0 Å². The molecular weight excluding hydrogens is 220 g/mol. The first kappa shape index (κ1) is 12.4. The molecule has 0 radical (unpaired) electrons. The average molecular weight is 233 g/mol. The fourth-order valence-electron chi connectivity index (χ4n) is 1.26. The molecule has 0 saturated heterocycles. The van der Waals surface area contributed by atoms with Gasteiger partial charge in [0.2, 0.25) is 0 Å². The molecule has 0 aliphatic rings. The van der Waals surface area contributed by atoms with Gasteiger partial charge in [-0.2, -0.15) is 8.78 Å². The van der Waals surface area contributed by atoms with Gasteiger partial charge in [-0.05, 0) is 18.7 Å². The first-order chi connectivity index (χ1) is 7.15. The van der Waals surface area contributed by atoms with Gasteiger partial charge in [-0.3, -0.25) is 0 Å². The number of nitrogens with one attached hydrogen (secondary N) is 1. The first-order valence-corrected chi connectivity index (χ1v) is 5.39. The molecule has 0 heterocycles. The molecule has 1 rings (SSSR count). The lowest BCUT2D eigenvalue weighted by molar-refractivity contribution is 0.175. The third-order valence-corrected chi connectivity index (χ3v) is 2.70. The summed E-state index contributed by atoms with van der Waals surface area (Å²) >= 11 is 0.458. The van der Waals surface area contributed by atoms with Crippen LogP contribution in [0.2, 0.25) is 0 Å². The topological polar surface area (TPSA) is 32.3 Å². The smallest absolute Gasteiger partial charge is 0.288 e. The van der Waals surface area contributed by atoms with E-state index in [0.717, 1.165) is 0 Å². The van der Waals surface area contributed by atoms with Crippen LogP contribution >= 0.6 is 11.8 Å². The maximum Gasteiger partial charge on any atom is 0.288 e. The van der Waals surface area contributed by atoms with Gasteiger partial charge in [0.05, 0.1) is 6.10 Å². The largest absolute Gasteiger partial charge is 0.387 e. The minimum absolute atomic E-state index is 0.348. The number of hydrogen-bond donors (Lipinski definition) is 2. The summed E-state index contributed by atoms with van der Waals surface area (Å²) in [6, 6.07) is 6.65. The molecule has 0 aromatic heterocycles. The fraction of sp³-hybridized carbons (Fsp3) is 0.400. The third kappa shape index (κ3) is 3.77. The molecule has 1 atom stereocenters. The Labute approximate surface area is 91.7 Å². The Kier molecular flexibility index (Phi) is 5.01. The number of aliphatic hydroxyl groups is 1. The molecule has 0 amide bonds. The Balaban J connectivity index is 2.85. The zero-order valence-corrected chi connectivity index (χ0v) is 9.10.